The van der Waals surface area contributed by atoms with Crippen molar-refractivity contribution in [3.8, 4) is 0 Å². The van der Waals surface area contributed by atoms with Gasteiger partial charge in [0.1, 0.15) is 0 Å². The molecule has 0 aliphatic heterocycles. The van der Waals surface area contributed by atoms with Crippen molar-refractivity contribution < 1.29 is 4.79 Å². The summed E-state index contributed by atoms with van der Waals surface area (Å²) in [5.41, 5.74) is 0.875. The van der Waals surface area contributed by atoms with Crippen molar-refractivity contribution in [1.29, 1.82) is 0 Å². The summed E-state index contributed by atoms with van der Waals surface area (Å²) in [6.07, 6.45) is 0.400. The molecule has 2 nitrogen and oxygen atoms in total. The molecule has 0 aliphatic carbocycles. The maximum atomic E-state index is 12.2. The second-order valence-electron chi connectivity index (χ2n) is 4.11. The van der Waals surface area contributed by atoms with Gasteiger partial charge in [-0.05, 0) is 24.4 Å². The quantitative estimate of drug-likeness (QED) is 0.673. The fraction of sp³-hybridized carbons (Fsp3) is 0.143. The number of hydrogen-bond donors (Lipinski definition) is 0. The largest absolute Gasteiger partial charge is 0.293 e. The lowest BCUT2D eigenvalue weighted by atomic mass is 10.2. The van der Waals surface area contributed by atoms with Gasteiger partial charge in [-0.1, -0.05) is 18.2 Å². The average Bonchev–Trinajstić information content (AvgIpc) is 2.95. The molecule has 0 bridgehead atoms. The number of rotatable bonds is 3. The molecule has 0 saturated carbocycles. The Labute approximate surface area is 113 Å². The Morgan fingerprint density at radius 1 is 1.33 bits per heavy atom. The Morgan fingerprint density at radius 3 is 2.89 bits per heavy atom. The summed E-state index contributed by atoms with van der Waals surface area (Å²) < 4.78 is 1.16. The first-order valence-electron chi connectivity index (χ1n) is 5.65. The molecule has 90 valence electrons. The minimum atomic E-state index is 0.154. The van der Waals surface area contributed by atoms with E-state index in [-0.39, 0.29) is 5.78 Å². The van der Waals surface area contributed by atoms with E-state index < -0.39 is 0 Å². The number of thiazole rings is 1. The maximum Gasteiger partial charge on any atom is 0.178 e. The van der Waals surface area contributed by atoms with E-state index in [1.807, 2.05) is 42.6 Å². The molecular formula is C14H11NOS2. The van der Waals surface area contributed by atoms with Crippen molar-refractivity contribution in [3.05, 3.63) is 51.3 Å². The Kier molecular flexibility index (Phi) is 2.97. The third-order valence-electron chi connectivity index (χ3n) is 2.71. The highest BCUT2D eigenvalue weighted by molar-refractivity contribution is 7.20. The normalized spacial score (nSPS) is 10.9. The van der Waals surface area contributed by atoms with Crippen LogP contribution in [0.2, 0.25) is 0 Å². The molecule has 0 amide bonds. The number of hydrogen-bond acceptors (Lipinski definition) is 4. The van der Waals surface area contributed by atoms with Gasteiger partial charge >= 0.3 is 0 Å². The molecule has 2 aromatic heterocycles. The molecule has 0 N–H and O–H groups in total. The second-order valence-corrected chi connectivity index (χ2v) is 6.25. The number of benzene rings is 1. The average molecular weight is 273 g/mol. The number of nitrogens with zero attached hydrogens (tertiary/aromatic N) is 1. The third kappa shape index (κ3) is 2.21. The first kappa shape index (κ1) is 11.6. The minimum absolute atomic E-state index is 0.154. The van der Waals surface area contributed by atoms with Crippen LogP contribution in [0.15, 0.2) is 35.7 Å². The highest BCUT2D eigenvalue weighted by atomic mass is 32.1. The molecule has 0 atom stereocenters. The molecule has 18 heavy (non-hydrogen) atoms. The van der Waals surface area contributed by atoms with E-state index in [9.17, 15) is 4.79 Å². The smallest absolute Gasteiger partial charge is 0.178 e. The summed E-state index contributed by atoms with van der Waals surface area (Å²) in [6.45, 7) is 1.96. The number of carbonyl (C=O) groups is 1. The van der Waals surface area contributed by atoms with E-state index in [1.54, 1.807) is 22.7 Å². The van der Waals surface area contributed by atoms with Crippen LogP contribution < -0.4 is 0 Å². The summed E-state index contributed by atoms with van der Waals surface area (Å²) in [4.78, 5) is 17.3. The van der Waals surface area contributed by atoms with Crippen LogP contribution in [0.1, 0.15) is 20.4 Å². The zero-order valence-electron chi connectivity index (χ0n) is 9.84. The van der Waals surface area contributed by atoms with Crippen LogP contribution >= 0.6 is 22.7 Å². The topological polar surface area (TPSA) is 30.0 Å². The summed E-state index contributed by atoms with van der Waals surface area (Å²) >= 11 is 3.14. The minimum Gasteiger partial charge on any atom is -0.293 e. The van der Waals surface area contributed by atoms with Gasteiger partial charge in [0, 0.05) is 10.1 Å². The molecule has 0 saturated heterocycles. The number of fused-ring (bicyclic) bond motifs is 1. The van der Waals surface area contributed by atoms with Crippen molar-refractivity contribution in [1.82, 2.24) is 4.98 Å². The lowest BCUT2D eigenvalue weighted by molar-refractivity contribution is 0.0996. The van der Waals surface area contributed by atoms with Crippen LogP contribution in [0, 0.1) is 6.92 Å². The number of aryl methyl sites for hydroxylation is 1. The summed E-state index contributed by atoms with van der Waals surface area (Å²) in [6, 6.07) is 10.0. The van der Waals surface area contributed by atoms with Gasteiger partial charge < -0.3 is 0 Å². The van der Waals surface area contributed by atoms with Crippen molar-refractivity contribution in [2.45, 2.75) is 13.3 Å². The second kappa shape index (κ2) is 4.63. The fourth-order valence-corrected chi connectivity index (χ4v) is 3.47. The van der Waals surface area contributed by atoms with Crippen LogP contribution in [0.5, 0.6) is 0 Å². The van der Waals surface area contributed by atoms with Crippen LogP contribution in [0.4, 0.5) is 0 Å². The summed E-state index contributed by atoms with van der Waals surface area (Å²) in [5.74, 6) is 0.154. The van der Waals surface area contributed by atoms with E-state index in [0.29, 0.717) is 6.42 Å². The van der Waals surface area contributed by atoms with E-state index in [0.717, 1.165) is 25.7 Å². The molecule has 3 rings (SSSR count). The zero-order valence-corrected chi connectivity index (χ0v) is 11.5. The highest BCUT2D eigenvalue weighted by Gasteiger charge is 2.12. The van der Waals surface area contributed by atoms with E-state index >= 15 is 0 Å². The number of Topliss-reactive ketones (excluding diaryl/α,β-unsaturated/α-hetero) is 1. The first-order chi connectivity index (χ1) is 8.72. The van der Waals surface area contributed by atoms with Crippen molar-refractivity contribution in [3.63, 3.8) is 0 Å². The van der Waals surface area contributed by atoms with Crippen LogP contribution in [0.25, 0.3) is 10.1 Å². The molecule has 3 aromatic rings. The molecule has 0 fully saturated rings. The summed E-state index contributed by atoms with van der Waals surface area (Å²) in [5, 5.41) is 4.11. The Morgan fingerprint density at radius 2 is 2.17 bits per heavy atom. The van der Waals surface area contributed by atoms with Gasteiger partial charge in [-0.15, -0.1) is 22.7 Å². The van der Waals surface area contributed by atoms with Gasteiger partial charge in [0.15, 0.2) is 5.78 Å². The zero-order chi connectivity index (χ0) is 12.5. The Balaban J connectivity index is 1.87. The Bertz CT molecular complexity index is 678. The van der Waals surface area contributed by atoms with Crippen molar-refractivity contribution in [2.75, 3.05) is 0 Å². The first-order valence-corrected chi connectivity index (χ1v) is 7.35. The van der Waals surface area contributed by atoms with Gasteiger partial charge in [-0.3, -0.25) is 4.79 Å². The molecule has 0 radical (unpaired) electrons. The number of carbonyl (C=O) groups excluding carboxylic acids is 1. The number of aromatic nitrogens is 1. The molecule has 4 heteroatoms. The monoisotopic (exact) mass is 273 g/mol. The van der Waals surface area contributed by atoms with E-state index in [4.69, 9.17) is 0 Å². The van der Waals surface area contributed by atoms with Gasteiger partial charge in [-0.2, -0.15) is 0 Å². The predicted octanol–water partition coefficient (Wildman–Crippen LogP) is 4.09. The number of thiophene rings is 1. The molecule has 2 heterocycles. The predicted molar refractivity (Wildman–Crippen MR) is 76.7 cm³/mol. The molecule has 1 aromatic carbocycles. The van der Waals surface area contributed by atoms with Crippen LogP contribution in [0.3, 0.4) is 0 Å². The fourth-order valence-electron chi connectivity index (χ4n) is 1.86. The van der Waals surface area contributed by atoms with Crippen molar-refractivity contribution >= 4 is 38.5 Å². The lowest BCUT2D eigenvalue weighted by Crippen LogP contribution is -2.01. The molecule has 0 spiro atoms. The van der Waals surface area contributed by atoms with E-state index in [2.05, 4.69) is 4.98 Å². The van der Waals surface area contributed by atoms with Gasteiger partial charge in [0.05, 0.1) is 22.0 Å². The standard InChI is InChI=1S/C14H11NOS2/c1-9-15-11(8-17-9)7-12(16)14-6-10-4-2-3-5-13(10)18-14/h2-6,8H,7H2,1H3. The molecule has 0 unspecified atom stereocenters. The molecule has 0 aliphatic rings. The lowest BCUT2D eigenvalue weighted by Gasteiger charge is -1.93. The summed E-state index contributed by atoms with van der Waals surface area (Å²) in [7, 11) is 0. The highest BCUT2D eigenvalue weighted by Crippen LogP contribution is 2.26. The van der Waals surface area contributed by atoms with Crippen LogP contribution in [-0.2, 0) is 6.42 Å². The Hall–Kier alpha value is -1.52. The molecular weight excluding hydrogens is 262 g/mol. The van der Waals surface area contributed by atoms with Gasteiger partial charge in [-0.25, -0.2) is 4.98 Å². The van der Waals surface area contributed by atoms with Crippen molar-refractivity contribution in [2.24, 2.45) is 0 Å². The van der Waals surface area contributed by atoms with Crippen LogP contribution in [-0.4, -0.2) is 10.8 Å². The van der Waals surface area contributed by atoms with E-state index in [1.165, 1.54) is 0 Å². The van der Waals surface area contributed by atoms with Gasteiger partial charge in [0.2, 0.25) is 0 Å². The maximum absolute atomic E-state index is 12.2. The van der Waals surface area contributed by atoms with Gasteiger partial charge in [0.25, 0.3) is 0 Å². The SMILES string of the molecule is Cc1nc(CC(=O)c2cc3ccccc3s2)cs1. The number of ketones is 1. The third-order valence-corrected chi connectivity index (χ3v) is 4.69.